The van der Waals surface area contributed by atoms with Crippen molar-refractivity contribution in [2.45, 2.75) is 31.0 Å². The SMILES string of the molecule is OC1CCCC12C=CCO2. The van der Waals surface area contributed by atoms with Gasteiger partial charge in [-0.3, -0.25) is 0 Å². The lowest BCUT2D eigenvalue weighted by atomic mass is 10.0. The zero-order valence-corrected chi connectivity index (χ0v) is 5.92. The lowest BCUT2D eigenvalue weighted by Crippen LogP contribution is -2.35. The van der Waals surface area contributed by atoms with E-state index >= 15 is 0 Å². The fourth-order valence-electron chi connectivity index (χ4n) is 1.84. The van der Waals surface area contributed by atoms with E-state index in [9.17, 15) is 5.11 Å². The lowest BCUT2D eigenvalue weighted by Gasteiger charge is -2.24. The Kier molecular flexibility index (Phi) is 1.32. The van der Waals surface area contributed by atoms with Crippen molar-refractivity contribution in [1.82, 2.24) is 0 Å². The normalized spacial score (nSPS) is 45.5. The molecular formula is C8H12O2. The predicted molar refractivity (Wildman–Crippen MR) is 37.7 cm³/mol. The van der Waals surface area contributed by atoms with Crippen LogP contribution < -0.4 is 0 Å². The van der Waals surface area contributed by atoms with E-state index in [1.807, 2.05) is 12.2 Å². The highest BCUT2D eigenvalue weighted by Gasteiger charge is 2.42. The van der Waals surface area contributed by atoms with E-state index < -0.39 is 0 Å². The molecule has 0 amide bonds. The number of aliphatic hydroxyl groups excluding tert-OH is 1. The Bertz CT molecular complexity index is 165. The van der Waals surface area contributed by atoms with Crippen molar-refractivity contribution in [3.05, 3.63) is 12.2 Å². The summed E-state index contributed by atoms with van der Waals surface area (Å²) in [4.78, 5) is 0. The Morgan fingerprint density at radius 1 is 1.60 bits per heavy atom. The van der Waals surface area contributed by atoms with Gasteiger partial charge in [0.05, 0.1) is 12.7 Å². The molecule has 1 saturated carbocycles. The second-order valence-corrected chi connectivity index (χ2v) is 3.08. The van der Waals surface area contributed by atoms with E-state index in [4.69, 9.17) is 4.74 Å². The summed E-state index contributed by atoms with van der Waals surface area (Å²) in [5, 5.41) is 9.50. The smallest absolute Gasteiger partial charge is 0.112 e. The first kappa shape index (κ1) is 6.38. The van der Waals surface area contributed by atoms with Gasteiger partial charge in [0.1, 0.15) is 5.60 Å². The Morgan fingerprint density at radius 3 is 3.00 bits per heavy atom. The molecule has 0 aromatic carbocycles. The summed E-state index contributed by atoms with van der Waals surface area (Å²) in [6.45, 7) is 0.678. The zero-order valence-electron chi connectivity index (χ0n) is 5.92. The molecule has 0 saturated heterocycles. The first-order valence-electron chi connectivity index (χ1n) is 3.83. The molecule has 1 N–H and O–H groups in total. The summed E-state index contributed by atoms with van der Waals surface area (Å²) < 4.78 is 5.45. The van der Waals surface area contributed by atoms with Crippen molar-refractivity contribution in [2.24, 2.45) is 0 Å². The molecule has 56 valence electrons. The highest BCUT2D eigenvalue weighted by Crippen LogP contribution is 2.37. The molecule has 2 rings (SSSR count). The number of hydrogen-bond acceptors (Lipinski definition) is 2. The molecular weight excluding hydrogens is 128 g/mol. The standard InChI is InChI=1S/C8H12O2/c9-7-3-1-4-8(7)5-2-6-10-8/h2,5,7,9H,1,3-4,6H2. The minimum atomic E-state index is -0.278. The molecule has 1 aliphatic heterocycles. The van der Waals surface area contributed by atoms with Gasteiger partial charge in [0.2, 0.25) is 0 Å². The quantitative estimate of drug-likeness (QED) is 0.505. The summed E-state index contributed by atoms with van der Waals surface area (Å²) in [7, 11) is 0. The third kappa shape index (κ3) is 0.724. The first-order valence-corrected chi connectivity index (χ1v) is 3.83. The van der Waals surface area contributed by atoms with Gasteiger partial charge in [0.25, 0.3) is 0 Å². The average Bonchev–Trinajstić information content (AvgIpc) is 2.48. The van der Waals surface area contributed by atoms with Crippen LogP contribution in [-0.2, 0) is 4.74 Å². The maximum Gasteiger partial charge on any atom is 0.112 e. The van der Waals surface area contributed by atoms with Gasteiger partial charge in [-0.25, -0.2) is 0 Å². The van der Waals surface area contributed by atoms with E-state index in [0.717, 1.165) is 19.3 Å². The van der Waals surface area contributed by atoms with Crippen LogP contribution in [0.4, 0.5) is 0 Å². The minimum Gasteiger partial charge on any atom is -0.390 e. The van der Waals surface area contributed by atoms with Crippen molar-refractivity contribution >= 4 is 0 Å². The van der Waals surface area contributed by atoms with E-state index in [1.54, 1.807) is 0 Å². The molecule has 1 heterocycles. The van der Waals surface area contributed by atoms with E-state index in [-0.39, 0.29) is 11.7 Å². The van der Waals surface area contributed by atoms with Gasteiger partial charge in [0, 0.05) is 0 Å². The van der Waals surface area contributed by atoms with Crippen LogP contribution >= 0.6 is 0 Å². The molecule has 2 atom stereocenters. The number of ether oxygens (including phenoxy) is 1. The molecule has 0 bridgehead atoms. The van der Waals surface area contributed by atoms with Crippen molar-refractivity contribution in [3.63, 3.8) is 0 Å². The van der Waals surface area contributed by atoms with Gasteiger partial charge >= 0.3 is 0 Å². The van der Waals surface area contributed by atoms with Gasteiger partial charge in [-0.2, -0.15) is 0 Å². The molecule has 1 aliphatic carbocycles. The molecule has 2 aliphatic rings. The molecule has 0 radical (unpaired) electrons. The molecule has 10 heavy (non-hydrogen) atoms. The molecule has 2 heteroatoms. The number of aliphatic hydroxyl groups is 1. The van der Waals surface area contributed by atoms with Crippen molar-refractivity contribution in [3.8, 4) is 0 Å². The van der Waals surface area contributed by atoms with Crippen molar-refractivity contribution < 1.29 is 9.84 Å². The van der Waals surface area contributed by atoms with Gasteiger partial charge in [0.15, 0.2) is 0 Å². The Hall–Kier alpha value is -0.340. The van der Waals surface area contributed by atoms with E-state index in [0.29, 0.717) is 6.61 Å². The highest BCUT2D eigenvalue weighted by molar-refractivity contribution is 5.13. The highest BCUT2D eigenvalue weighted by atomic mass is 16.5. The monoisotopic (exact) mass is 140 g/mol. The molecule has 0 aromatic heterocycles. The minimum absolute atomic E-state index is 0.258. The molecule has 1 spiro atoms. The van der Waals surface area contributed by atoms with Crippen LogP contribution in [0, 0.1) is 0 Å². The Morgan fingerprint density at radius 2 is 2.50 bits per heavy atom. The van der Waals surface area contributed by atoms with Crippen molar-refractivity contribution in [2.75, 3.05) is 6.61 Å². The maximum absolute atomic E-state index is 9.50. The van der Waals surface area contributed by atoms with Gasteiger partial charge in [-0.15, -0.1) is 0 Å². The fraction of sp³-hybridized carbons (Fsp3) is 0.750. The maximum atomic E-state index is 9.50. The fourth-order valence-corrected chi connectivity index (χ4v) is 1.84. The van der Waals surface area contributed by atoms with Gasteiger partial charge in [-0.05, 0) is 19.3 Å². The Balaban J connectivity index is 2.20. The number of hydrogen-bond donors (Lipinski definition) is 1. The van der Waals surface area contributed by atoms with Gasteiger partial charge in [-0.1, -0.05) is 12.2 Å². The largest absolute Gasteiger partial charge is 0.390 e. The van der Waals surface area contributed by atoms with E-state index in [2.05, 4.69) is 0 Å². The second-order valence-electron chi connectivity index (χ2n) is 3.08. The van der Waals surface area contributed by atoms with Gasteiger partial charge < -0.3 is 9.84 Å². The summed E-state index contributed by atoms with van der Waals surface area (Å²) >= 11 is 0. The summed E-state index contributed by atoms with van der Waals surface area (Å²) in [6, 6.07) is 0. The molecule has 1 fully saturated rings. The zero-order chi connectivity index (χ0) is 7.03. The first-order chi connectivity index (χ1) is 4.83. The van der Waals surface area contributed by atoms with Crippen LogP contribution in [0.25, 0.3) is 0 Å². The molecule has 2 nitrogen and oxygen atoms in total. The summed E-state index contributed by atoms with van der Waals surface area (Å²) in [6.07, 6.45) is 6.73. The second kappa shape index (κ2) is 2.07. The third-order valence-electron chi connectivity index (χ3n) is 2.46. The molecule has 2 unspecified atom stereocenters. The molecule has 0 aromatic rings. The van der Waals surface area contributed by atoms with Crippen LogP contribution in [0.15, 0.2) is 12.2 Å². The average molecular weight is 140 g/mol. The van der Waals surface area contributed by atoms with Crippen LogP contribution in [0.1, 0.15) is 19.3 Å². The summed E-state index contributed by atoms with van der Waals surface area (Å²) in [5.41, 5.74) is -0.278. The summed E-state index contributed by atoms with van der Waals surface area (Å²) in [5.74, 6) is 0. The van der Waals surface area contributed by atoms with Crippen LogP contribution in [0.2, 0.25) is 0 Å². The van der Waals surface area contributed by atoms with E-state index in [1.165, 1.54) is 0 Å². The van der Waals surface area contributed by atoms with Crippen molar-refractivity contribution in [1.29, 1.82) is 0 Å². The number of rotatable bonds is 0. The van der Waals surface area contributed by atoms with Crippen LogP contribution in [0.3, 0.4) is 0 Å². The predicted octanol–water partition coefficient (Wildman–Crippen LogP) is 0.856. The third-order valence-corrected chi connectivity index (χ3v) is 2.46. The van der Waals surface area contributed by atoms with Crippen LogP contribution in [0.5, 0.6) is 0 Å². The lowest BCUT2D eigenvalue weighted by molar-refractivity contribution is -0.0505. The van der Waals surface area contributed by atoms with Crippen LogP contribution in [-0.4, -0.2) is 23.4 Å². The topological polar surface area (TPSA) is 29.5 Å². The Labute approximate surface area is 60.5 Å².